The molecule has 0 spiro atoms. The molecule has 0 aliphatic heterocycles. The first-order chi connectivity index (χ1) is 14.9. The number of carbonyl (C=O) groups is 2. The first kappa shape index (κ1) is 22.5. The van der Waals surface area contributed by atoms with Crippen molar-refractivity contribution >= 4 is 29.3 Å². The number of rotatable bonds is 8. The van der Waals surface area contributed by atoms with E-state index < -0.39 is 0 Å². The average Bonchev–Trinajstić information content (AvgIpc) is 3.17. The monoisotopic (exact) mass is 441 g/mol. The molecule has 0 saturated heterocycles. The second-order valence-electron chi connectivity index (χ2n) is 6.99. The van der Waals surface area contributed by atoms with Gasteiger partial charge in [0.25, 0.3) is 5.91 Å². The van der Waals surface area contributed by atoms with Gasteiger partial charge in [-0.15, -0.1) is 10.2 Å². The molecule has 0 bridgehead atoms. The minimum atomic E-state index is -0.362. The average molecular weight is 442 g/mol. The van der Waals surface area contributed by atoms with Crippen molar-refractivity contribution in [3.05, 3.63) is 71.3 Å². The van der Waals surface area contributed by atoms with E-state index in [-0.39, 0.29) is 29.4 Å². The molecule has 7 nitrogen and oxygen atoms in total. The number of hydrogen-bond acceptors (Lipinski definition) is 5. The summed E-state index contributed by atoms with van der Waals surface area (Å²) in [5, 5.41) is 14.7. The Balaban J connectivity index is 1.62. The minimum absolute atomic E-state index is 0.125. The Bertz CT molecular complexity index is 1070. The number of halogens is 1. The van der Waals surface area contributed by atoms with E-state index >= 15 is 0 Å². The van der Waals surface area contributed by atoms with E-state index in [9.17, 15) is 14.0 Å². The Morgan fingerprint density at radius 3 is 2.58 bits per heavy atom. The van der Waals surface area contributed by atoms with Crippen molar-refractivity contribution in [2.45, 2.75) is 38.5 Å². The van der Waals surface area contributed by atoms with Gasteiger partial charge in [-0.2, -0.15) is 0 Å². The molecule has 0 aliphatic carbocycles. The number of aromatic nitrogens is 3. The maximum atomic E-state index is 13.0. The number of nitrogens with one attached hydrogen (secondary N) is 2. The highest BCUT2D eigenvalue weighted by Crippen LogP contribution is 2.21. The summed E-state index contributed by atoms with van der Waals surface area (Å²) in [6.45, 7) is 6.32. The summed E-state index contributed by atoms with van der Waals surface area (Å²) < 4.78 is 14.8. The predicted molar refractivity (Wildman–Crippen MR) is 119 cm³/mol. The molecule has 0 saturated carbocycles. The third-order valence-corrected chi connectivity index (χ3v) is 5.50. The van der Waals surface area contributed by atoms with Crippen LogP contribution in [-0.2, 0) is 11.3 Å². The maximum absolute atomic E-state index is 13.0. The maximum Gasteiger partial charge on any atom is 0.251 e. The molecular weight excluding hydrogens is 417 g/mol. The molecule has 31 heavy (non-hydrogen) atoms. The van der Waals surface area contributed by atoms with Crippen LogP contribution in [0.5, 0.6) is 0 Å². The highest BCUT2D eigenvalue weighted by Gasteiger charge is 2.20. The zero-order chi connectivity index (χ0) is 22.4. The molecule has 1 aromatic heterocycles. The van der Waals surface area contributed by atoms with Crippen molar-refractivity contribution in [3.63, 3.8) is 0 Å². The van der Waals surface area contributed by atoms with Crippen molar-refractivity contribution in [1.82, 2.24) is 20.1 Å². The van der Waals surface area contributed by atoms with Gasteiger partial charge in [-0.05, 0) is 57.2 Å². The lowest BCUT2D eigenvalue weighted by Gasteiger charge is -2.15. The lowest BCUT2D eigenvalue weighted by Crippen LogP contribution is -2.28. The van der Waals surface area contributed by atoms with Crippen LogP contribution in [0, 0.1) is 12.7 Å². The Morgan fingerprint density at radius 1 is 1.16 bits per heavy atom. The molecule has 2 N–H and O–H groups in total. The molecule has 9 heteroatoms. The van der Waals surface area contributed by atoms with Gasteiger partial charge in [-0.25, -0.2) is 4.39 Å². The van der Waals surface area contributed by atoms with Crippen LogP contribution in [0.15, 0.2) is 53.7 Å². The number of nitrogens with zero attached hydrogens (tertiary/aromatic N) is 3. The standard InChI is InChI=1S/C22H24FN5O2S/c1-4-28-20(15(3)24-21(30)16-7-5-6-14(2)12-16)26-27-22(28)31-13-19(29)25-18-10-8-17(23)9-11-18/h5-12,15H,4,13H2,1-3H3,(H,24,30)(H,25,29)/t15-/m0/s1. The van der Waals surface area contributed by atoms with E-state index in [2.05, 4.69) is 20.8 Å². The van der Waals surface area contributed by atoms with E-state index in [1.165, 1.54) is 36.0 Å². The summed E-state index contributed by atoms with van der Waals surface area (Å²) in [6, 6.07) is 12.6. The van der Waals surface area contributed by atoms with Gasteiger partial charge in [0.05, 0.1) is 11.8 Å². The van der Waals surface area contributed by atoms with Crippen molar-refractivity contribution in [3.8, 4) is 0 Å². The Labute approximate surface area is 184 Å². The molecule has 0 aliphatic rings. The van der Waals surface area contributed by atoms with Crippen LogP contribution in [0.1, 0.15) is 41.6 Å². The van der Waals surface area contributed by atoms with Crippen LogP contribution in [0.25, 0.3) is 0 Å². The molecule has 0 unspecified atom stereocenters. The van der Waals surface area contributed by atoms with Crippen molar-refractivity contribution in [2.75, 3.05) is 11.1 Å². The summed E-state index contributed by atoms with van der Waals surface area (Å²) >= 11 is 1.25. The van der Waals surface area contributed by atoms with Gasteiger partial charge >= 0.3 is 0 Å². The van der Waals surface area contributed by atoms with Gasteiger partial charge in [0.1, 0.15) is 5.82 Å². The number of benzene rings is 2. The molecule has 2 amide bonds. The molecule has 0 radical (unpaired) electrons. The summed E-state index contributed by atoms with van der Waals surface area (Å²) in [6.07, 6.45) is 0. The third kappa shape index (κ3) is 5.91. The van der Waals surface area contributed by atoms with Gasteiger partial charge in [0, 0.05) is 17.8 Å². The molecule has 3 aromatic rings. The fraction of sp³-hybridized carbons (Fsp3) is 0.273. The largest absolute Gasteiger partial charge is 0.342 e. The predicted octanol–water partition coefficient (Wildman–Crippen LogP) is 3.97. The first-order valence-corrected chi connectivity index (χ1v) is 10.8. The van der Waals surface area contributed by atoms with E-state index in [0.717, 1.165) is 5.56 Å². The van der Waals surface area contributed by atoms with E-state index in [1.54, 1.807) is 6.07 Å². The quantitative estimate of drug-likeness (QED) is 0.517. The Kier molecular flexibility index (Phi) is 7.41. The summed E-state index contributed by atoms with van der Waals surface area (Å²) in [5.74, 6) is -0.0386. The van der Waals surface area contributed by atoms with Crippen LogP contribution in [0.2, 0.25) is 0 Å². The normalized spacial score (nSPS) is 11.7. The molecule has 1 atom stereocenters. The van der Waals surface area contributed by atoms with Gasteiger partial charge in [0.2, 0.25) is 5.91 Å². The lowest BCUT2D eigenvalue weighted by atomic mass is 10.1. The summed E-state index contributed by atoms with van der Waals surface area (Å²) in [4.78, 5) is 24.7. The third-order valence-electron chi connectivity index (χ3n) is 4.54. The second-order valence-corrected chi connectivity index (χ2v) is 7.94. The SMILES string of the molecule is CCn1c(SCC(=O)Nc2ccc(F)cc2)nnc1[C@H](C)NC(=O)c1cccc(C)c1. The number of amides is 2. The minimum Gasteiger partial charge on any atom is -0.342 e. The van der Waals surface area contributed by atoms with Crippen LogP contribution < -0.4 is 10.6 Å². The molecule has 162 valence electrons. The van der Waals surface area contributed by atoms with Gasteiger partial charge in [-0.3, -0.25) is 9.59 Å². The highest BCUT2D eigenvalue weighted by atomic mass is 32.2. The number of aryl methyl sites for hydroxylation is 1. The van der Waals surface area contributed by atoms with E-state index in [0.29, 0.717) is 28.8 Å². The summed E-state index contributed by atoms with van der Waals surface area (Å²) in [5.41, 5.74) is 2.12. The molecule has 3 rings (SSSR count). The van der Waals surface area contributed by atoms with Gasteiger partial charge in [-0.1, -0.05) is 29.5 Å². The molecule has 1 heterocycles. The molecule has 2 aromatic carbocycles. The summed E-state index contributed by atoms with van der Waals surface area (Å²) in [7, 11) is 0. The van der Waals surface area contributed by atoms with E-state index in [4.69, 9.17) is 0 Å². The first-order valence-electron chi connectivity index (χ1n) is 9.86. The van der Waals surface area contributed by atoms with Gasteiger partial charge < -0.3 is 15.2 Å². The Morgan fingerprint density at radius 2 is 1.90 bits per heavy atom. The second kappa shape index (κ2) is 10.2. The number of carbonyl (C=O) groups excluding carboxylic acids is 2. The van der Waals surface area contributed by atoms with Crippen LogP contribution >= 0.6 is 11.8 Å². The topological polar surface area (TPSA) is 88.9 Å². The zero-order valence-electron chi connectivity index (χ0n) is 17.6. The number of thioether (sulfide) groups is 1. The fourth-order valence-electron chi connectivity index (χ4n) is 3.02. The number of hydrogen-bond donors (Lipinski definition) is 2. The van der Waals surface area contributed by atoms with Crippen LogP contribution in [0.3, 0.4) is 0 Å². The van der Waals surface area contributed by atoms with E-state index in [1.807, 2.05) is 43.5 Å². The van der Waals surface area contributed by atoms with Crippen molar-refractivity contribution < 1.29 is 14.0 Å². The van der Waals surface area contributed by atoms with Crippen LogP contribution in [0.4, 0.5) is 10.1 Å². The van der Waals surface area contributed by atoms with Crippen LogP contribution in [-0.4, -0.2) is 32.3 Å². The van der Waals surface area contributed by atoms with Crippen molar-refractivity contribution in [1.29, 1.82) is 0 Å². The van der Waals surface area contributed by atoms with Crippen molar-refractivity contribution in [2.24, 2.45) is 0 Å². The Hall–Kier alpha value is -3.20. The molecular formula is C22H24FN5O2S. The highest BCUT2D eigenvalue weighted by molar-refractivity contribution is 7.99. The smallest absolute Gasteiger partial charge is 0.251 e. The number of anilines is 1. The lowest BCUT2D eigenvalue weighted by molar-refractivity contribution is -0.113. The zero-order valence-corrected chi connectivity index (χ0v) is 18.4. The van der Waals surface area contributed by atoms with Gasteiger partial charge in [0.15, 0.2) is 11.0 Å². The fourth-order valence-corrected chi connectivity index (χ4v) is 3.82. The molecule has 0 fully saturated rings.